The van der Waals surface area contributed by atoms with E-state index in [0.717, 1.165) is 12.1 Å². The zero-order valence-corrected chi connectivity index (χ0v) is 8.99. The van der Waals surface area contributed by atoms with Crippen LogP contribution in [0.4, 0.5) is 13.2 Å². The number of rotatable bonds is 4. The molecule has 0 aliphatic carbocycles. The molecule has 0 saturated carbocycles. The summed E-state index contributed by atoms with van der Waals surface area (Å²) in [5.41, 5.74) is -0.648. The molecule has 0 aliphatic rings. The Labute approximate surface area is 95.8 Å². The molecule has 0 heterocycles. The van der Waals surface area contributed by atoms with E-state index in [1.165, 1.54) is 19.1 Å². The first-order valence-electron chi connectivity index (χ1n) is 4.88. The summed E-state index contributed by atoms with van der Waals surface area (Å²) >= 11 is 0. The molecule has 0 amide bonds. The van der Waals surface area contributed by atoms with Gasteiger partial charge in [-0.1, -0.05) is 18.2 Å². The van der Waals surface area contributed by atoms with Gasteiger partial charge >= 0.3 is 11.9 Å². The van der Waals surface area contributed by atoms with E-state index in [0.29, 0.717) is 0 Å². The van der Waals surface area contributed by atoms with Crippen molar-refractivity contribution in [1.82, 2.24) is 0 Å². The smallest absolute Gasteiger partial charge is 0.380 e. The fraction of sp³-hybridized carbons (Fsp3) is 0.364. The van der Waals surface area contributed by atoms with E-state index in [1.54, 1.807) is 0 Å². The monoisotopic (exact) mass is 248 g/mol. The standard InChI is InChI=1S/C11H11F3O3/c1-2-17-10(16)11(13,14)9(15)7-5-3-4-6-8(7)12/h3-6,9,15H,2H2,1H3/t9-/m1/s1. The minimum atomic E-state index is -4.18. The minimum absolute atomic E-state index is 0.252. The maximum Gasteiger partial charge on any atom is 0.380 e. The highest BCUT2D eigenvalue weighted by Crippen LogP contribution is 2.33. The molecule has 1 aromatic carbocycles. The zero-order chi connectivity index (χ0) is 13.1. The summed E-state index contributed by atoms with van der Waals surface area (Å²) in [6.07, 6.45) is -2.57. The van der Waals surface area contributed by atoms with Crippen LogP contribution >= 0.6 is 0 Å². The summed E-state index contributed by atoms with van der Waals surface area (Å²) in [6, 6.07) is 4.46. The first kappa shape index (κ1) is 13.5. The molecule has 0 aliphatic heterocycles. The SMILES string of the molecule is CCOC(=O)C(F)(F)[C@H](O)c1ccccc1F. The van der Waals surface area contributed by atoms with E-state index in [4.69, 9.17) is 0 Å². The molecule has 17 heavy (non-hydrogen) atoms. The van der Waals surface area contributed by atoms with Gasteiger partial charge < -0.3 is 9.84 Å². The molecule has 1 N–H and O–H groups in total. The lowest BCUT2D eigenvalue weighted by molar-refractivity contribution is -0.189. The van der Waals surface area contributed by atoms with Crippen molar-refractivity contribution in [2.45, 2.75) is 19.0 Å². The number of hydrogen-bond donors (Lipinski definition) is 1. The highest BCUT2D eigenvalue weighted by Gasteiger charge is 2.49. The molecule has 1 atom stereocenters. The number of carbonyl (C=O) groups is 1. The van der Waals surface area contributed by atoms with Crippen LogP contribution in [0.5, 0.6) is 0 Å². The Morgan fingerprint density at radius 3 is 2.59 bits per heavy atom. The van der Waals surface area contributed by atoms with Gasteiger partial charge in [-0.3, -0.25) is 0 Å². The van der Waals surface area contributed by atoms with E-state index >= 15 is 0 Å². The van der Waals surface area contributed by atoms with Crippen LogP contribution in [-0.4, -0.2) is 23.6 Å². The van der Waals surface area contributed by atoms with E-state index < -0.39 is 29.4 Å². The molecule has 0 radical (unpaired) electrons. The molecule has 0 saturated heterocycles. The number of hydrogen-bond acceptors (Lipinski definition) is 3. The number of benzene rings is 1. The van der Waals surface area contributed by atoms with Gasteiger partial charge in [0.2, 0.25) is 0 Å². The second-order valence-corrected chi connectivity index (χ2v) is 3.27. The highest BCUT2D eigenvalue weighted by atomic mass is 19.3. The molecule has 0 fully saturated rings. The molecule has 6 heteroatoms. The molecule has 3 nitrogen and oxygen atoms in total. The molecule has 0 aromatic heterocycles. The fourth-order valence-electron chi connectivity index (χ4n) is 1.23. The molecule has 0 unspecified atom stereocenters. The number of aliphatic hydroxyl groups is 1. The van der Waals surface area contributed by atoms with Crippen molar-refractivity contribution in [3.63, 3.8) is 0 Å². The first-order chi connectivity index (χ1) is 7.91. The van der Waals surface area contributed by atoms with Gasteiger partial charge in [0, 0.05) is 5.56 Å². The number of carbonyl (C=O) groups excluding carboxylic acids is 1. The van der Waals surface area contributed by atoms with Crippen LogP contribution in [0.25, 0.3) is 0 Å². The summed E-state index contributed by atoms with van der Waals surface area (Å²) in [5.74, 6) is -7.07. The number of ether oxygens (including phenoxy) is 1. The summed E-state index contributed by atoms with van der Waals surface area (Å²) in [5, 5.41) is 9.34. The van der Waals surface area contributed by atoms with Crippen molar-refractivity contribution in [3.05, 3.63) is 35.6 Å². The average molecular weight is 248 g/mol. The topological polar surface area (TPSA) is 46.5 Å². The van der Waals surface area contributed by atoms with Crippen molar-refractivity contribution < 1.29 is 27.8 Å². The van der Waals surface area contributed by atoms with Crippen LogP contribution < -0.4 is 0 Å². The van der Waals surface area contributed by atoms with Gasteiger partial charge in [0.15, 0.2) is 6.10 Å². The second-order valence-electron chi connectivity index (χ2n) is 3.27. The molecule has 1 rings (SSSR count). The molecular formula is C11H11F3O3. The lowest BCUT2D eigenvalue weighted by Crippen LogP contribution is -2.37. The number of halogens is 3. The van der Waals surface area contributed by atoms with Gasteiger partial charge in [-0.15, -0.1) is 0 Å². The summed E-state index contributed by atoms with van der Waals surface area (Å²) in [7, 11) is 0. The average Bonchev–Trinajstić information content (AvgIpc) is 2.29. The fourth-order valence-corrected chi connectivity index (χ4v) is 1.23. The van der Waals surface area contributed by atoms with E-state index in [2.05, 4.69) is 4.74 Å². The van der Waals surface area contributed by atoms with Gasteiger partial charge in [0.05, 0.1) is 6.61 Å². The van der Waals surface area contributed by atoms with Crippen molar-refractivity contribution in [2.24, 2.45) is 0 Å². The Bertz CT molecular complexity index is 407. The third-order valence-corrected chi connectivity index (χ3v) is 2.09. The highest BCUT2D eigenvalue weighted by molar-refractivity contribution is 5.78. The molecule has 0 bridgehead atoms. The number of alkyl halides is 2. The molecule has 94 valence electrons. The van der Waals surface area contributed by atoms with Gasteiger partial charge in [-0.25, -0.2) is 9.18 Å². The summed E-state index contributed by atoms with van der Waals surface area (Å²) < 4.78 is 44.0. The second kappa shape index (κ2) is 5.18. The third-order valence-electron chi connectivity index (χ3n) is 2.09. The van der Waals surface area contributed by atoms with Crippen molar-refractivity contribution in [2.75, 3.05) is 6.61 Å². The predicted molar refractivity (Wildman–Crippen MR) is 52.9 cm³/mol. The van der Waals surface area contributed by atoms with Crippen LogP contribution in [0.3, 0.4) is 0 Å². The van der Waals surface area contributed by atoms with Crippen LogP contribution in [0.2, 0.25) is 0 Å². The Balaban J connectivity index is 3.00. The van der Waals surface area contributed by atoms with Crippen LogP contribution in [0, 0.1) is 5.82 Å². The third kappa shape index (κ3) is 2.76. The lowest BCUT2D eigenvalue weighted by Gasteiger charge is -2.21. The quantitative estimate of drug-likeness (QED) is 0.829. The van der Waals surface area contributed by atoms with Crippen molar-refractivity contribution >= 4 is 5.97 Å². The van der Waals surface area contributed by atoms with Crippen molar-refractivity contribution in [1.29, 1.82) is 0 Å². The van der Waals surface area contributed by atoms with Gasteiger partial charge in [0.1, 0.15) is 5.82 Å². The van der Waals surface area contributed by atoms with Crippen LogP contribution in [-0.2, 0) is 9.53 Å². The maximum absolute atomic E-state index is 13.4. The molecule has 0 spiro atoms. The largest absolute Gasteiger partial charge is 0.461 e. The summed E-state index contributed by atoms with van der Waals surface area (Å²) in [6.45, 7) is 1.10. The van der Waals surface area contributed by atoms with Gasteiger partial charge in [0.25, 0.3) is 0 Å². The van der Waals surface area contributed by atoms with Crippen molar-refractivity contribution in [3.8, 4) is 0 Å². The summed E-state index contributed by atoms with van der Waals surface area (Å²) in [4.78, 5) is 10.9. The molecule has 1 aromatic rings. The normalized spacial score (nSPS) is 13.2. The van der Waals surface area contributed by atoms with E-state index in [1.807, 2.05) is 0 Å². The number of aliphatic hydroxyl groups excluding tert-OH is 1. The van der Waals surface area contributed by atoms with Crippen LogP contribution in [0.1, 0.15) is 18.6 Å². The van der Waals surface area contributed by atoms with E-state index in [-0.39, 0.29) is 6.61 Å². The van der Waals surface area contributed by atoms with Gasteiger partial charge in [-0.2, -0.15) is 8.78 Å². The zero-order valence-electron chi connectivity index (χ0n) is 8.99. The maximum atomic E-state index is 13.4. The Hall–Kier alpha value is -1.56. The van der Waals surface area contributed by atoms with Crippen LogP contribution in [0.15, 0.2) is 24.3 Å². The Morgan fingerprint density at radius 2 is 2.06 bits per heavy atom. The van der Waals surface area contributed by atoms with E-state index in [9.17, 15) is 23.1 Å². The first-order valence-corrected chi connectivity index (χ1v) is 4.88. The lowest BCUT2D eigenvalue weighted by atomic mass is 10.0. The predicted octanol–water partition coefficient (Wildman–Crippen LogP) is 2.06. The Morgan fingerprint density at radius 1 is 1.47 bits per heavy atom. The van der Waals surface area contributed by atoms with Gasteiger partial charge in [-0.05, 0) is 13.0 Å². The Kier molecular flexibility index (Phi) is 4.11. The minimum Gasteiger partial charge on any atom is -0.461 e. The number of esters is 1. The molecular weight excluding hydrogens is 237 g/mol.